The Bertz CT molecular complexity index is 2770. The minimum Gasteiger partial charge on any atom is -0.756 e. The number of pyridine rings is 2. The first-order chi connectivity index (χ1) is 48.5. The second-order valence-electron chi connectivity index (χ2n) is 28.4. The maximum Gasteiger partial charge on any atom is 0.320 e. The zero-order chi connectivity index (χ0) is 90.8. The van der Waals surface area contributed by atoms with Crippen LogP contribution < -0.4 is 19.3 Å². The van der Waals surface area contributed by atoms with E-state index in [0.717, 1.165) is 63.6 Å². The molecule has 0 fully saturated rings. The lowest BCUT2D eigenvalue weighted by molar-refractivity contribution is -0.887. The van der Waals surface area contributed by atoms with E-state index in [-0.39, 0.29) is 36.7 Å². The van der Waals surface area contributed by atoms with Crippen molar-refractivity contribution in [3.8, 4) is 0 Å². The van der Waals surface area contributed by atoms with Crippen LogP contribution in [0.1, 0.15) is 163 Å². The smallest absolute Gasteiger partial charge is 0.320 e. The van der Waals surface area contributed by atoms with E-state index < -0.39 is 66.7 Å². The number of aryl methyl sites for hydroxylation is 2. The highest BCUT2D eigenvalue weighted by atomic mass is 32.2. The highest BCUT2D eigenvalue weighted by Gasteiger charge is 2.21. The average Bonchev–Trinajstić information content (AvgIpc) is 0.907. The molecule has 0 bridgehead atoms. The number of hydrogen-bond donors (Lipinski definition) is 0. The summed E-state index contributed by atoms with van der Waals surface area (Å²) in [6.07, 6.45) is 9.58. The van der Waals surface area contributed by atoms with Crippen molar-refractivity contribution in [3.05, 3.63) is 60.2 Å². The molecular weight excluding hydrogens is 1510 g/mol. The van der Waals surface area contributed by atoms with Crippen LogP contribution in [0.4, 0.5) is 0 Å². The minimum atomic E-state index is -4.18. The third kappa shape index (κ3) is 160. The van der Waals surface area contributed by atoms with Crippen LogP contribution in [0.3, 0.4) is 0 Å². The Hall–Kier alpha value is -2.79. The molecule has 2 aromatic rings. The maximum absolute atomic E-state index is 10.9. The number of methoxy groups -OCH3 is 2. The van der Waals surface area contributed by atoms with Gasteiger partial charge in [-0.25, -0.2) is 25.3 Å². The third-order valence-electron chi connectivity index (χ3n) is 11.0. The van der Waals surface area contributed by atoms with Crippen LogP contribution in [0, 0.1) is 13.8 Å². The molecule has 0 amide bonds. The zero-order valence-electron chi connectivity index (χ0n) is 78.0. The molecule has 1 atom stereocenters. The van der Waals surface area contributed by atoms with Gasteiger partial charge in [0.2, 0.25) is 5.88 Å². The van der Waals surface area contributed by atoms with E-state index in [1.165, 1.54) is 28.2 Å². The van der Waals surface area contributed by atoms with Gasteiger partial charge in [0.25, 0.3) is 13.7 Å². The Morgan fingerprint density at radius 1 is 0.454 bits per heavy atom. The Kier molecular flexibility index (Phi) is 103. The van der Waals surface area contributed by atoms with Crippen LogP contribution in [0.25, 0.3) is 0 Å². The van der Waals surface area contributed by atoms with Crippen LogP contribution in [0.2, 0.25) is 0 Å². The van der Waals surface area contributed by atoms with Crippen molar-refractivity contribution in [1.29, 1.82) is 0 Å². The van der Waals surface area contributed by atoms with Gasteiger partial charge in [-0.2, -0.15) is 17.6 Å². The molecule has 0 radical (unpaired) electrons. The molecule has 108 heavy (non-hydrogen) atoms. The summed E-state index contributed by atoms with van der Waals surface area (Å²) in [5, 5.41) is 9.72. The number of rotatable bonds is 26. The zero-order valence-corrected chi connectivity index (χ0v) is 83.1. The summed E-state index contributed by atoms with van der Waals surface area (Å²) in [6.45, 7) is 59.9. The van der Waals surface area contributed by atoms with Crippen molar-refractivity contribution in [2.75, 3.05) is 236 Å². The van der Waals surface area contributed by atoms with Gasteiger partial charge in [-0.15, -0.1) is 0 Å². The SMILES string of the molecule is CC.CC.CC.CC.CC.CC.CC(=O)C[N+](C)(C)C.CC(=O)C[P+](C)(C)C.CCOC.CCOC.CCOP(=O)([O-])OC[N+](C)(C)C.CC[N+](C)(C)C.CC[N+](C)(C)CC(C)=O.CC[N+](C)(C)CS(C)(=O)=O.CC[N+](C)(C)CS(C)(=O)=O.Cc1cc[n+](CS(=O)(=O)O[O-])cc1.Cc1cc[n+](CS(=O)(=O)[O-])cc1. The summed E-state index contributed by atoms with van der Waals surface area (Å²) in [4.78, 5) is 42.4. The summed E-state index contributed by atoms with van der Waals surface area (Å²) >= 11 is 0. The molecule has 28 nitrogen and oxygen atoms in total. The number of likely N-dealkylation sites (N-methyl/N-ethyl adjacent to an activating group) is 2. The van der Waals surface area contributed by atoms with E-state index >= 15 is 0 Å². The van der Waals surface area contributed by atoms with Crippen molar-refractivity contribution in [3.63, 3.8) is 0 Å². The first-order valence-electron chi connectivity index (χ1n) is 37.0. The predicted molar refractivity (Wildman–Crippen MR) is 454 cm³/mol. The van der Waals surface area contributed by atoms with E-state index in [2.05, 4.69) is 91.9 Å². The molecule has 0 saturated heterocycles. The van der Waals surface area contributed by atoms with Gasteiger partial charge in [0, 0.05) is 105 Å². The van der Waals surface area contributed by atoms with Gasteiger partial charge in [-0.3, -0.25) is 23.5 Å². The lowest BCUT2D eigenvalue weighted by Crippen LogP contribution is -2.43. The molecule has 34 heteroatoms. The van der Waals surface area contributed by atoms with Gasteiger partial charge in [0.05, 0.1) is 139 Å². The lowest BCUT2D eigenvalue weighted by Gasteiger charge is -2.28. The number of phosphoric ester groups is 1. The molecule has 2 heterocycles. The molecule has 2 aromatic heterocycles. The van der Waals surface area contributed by atoms with Gasteiger partial charge in [-0.1, -0.05) is 83.1 Å². The molecule has 660 valence electrons. The van der Waals surface area contributed by atoms with Crippen molar-refractivity contribution in [2.24, 2.45) is 0 Å². The van der Waals surface area contributed by atoms with E-state index in [9.17, 15) is 67.3 Å². The number of ketones is 3. The number of carbonyl (C=O) groups excluding carboxylic acids is 3. The Morgan fingerprint density at radius 2 is 0.722 bits per heavy atom. The van der Waals surface area contributed by atoms with Crippen LogP contribution in [-0.2, 0) is 93.5 Å². The molecule has 0 saturated carbocycles. The maximum atomic E-state index is 10.9. The summed E-state index contributed by atoms with van der Waals surface area (Å²) < 4.78 is 134. The van der Waals surface area contributed by atoms with Crippen LogP contribution in [0.15, 0.2) is 49.1 Å². The van der Waals surface area contributed by atoms with Gasteiger partial charge in [0.15, 0.2) is 90.4 Å². The number of Topliss-reactive ketones (excluding diaryl/α,β-unsaturated/α-hetero) is 3. The fourth-order valence-corrected chi connectivity index (χ4v) is 11.8. The molecule has 0 aromatic carbocycles. The number of aromatic nitrogens is 2. The largest absolute Gasteiger partial charge is 0.756 e. The van der Waals surface area contributed by atoms with Crippen molar-refractivity contribution in [2.45, 2.75) is 178 Å². The number of quaternary nitrogens is 6. The second-order valence-corrected chi connectivity index (χ2v) is 41.8. The minimum absolute atomic E-state index is 0.0841. The average molecular weight is 1690 g/mol. The van der Waals surface area contributed by atoms with Crippen molar-refractivity contribution < 1.29 is 126 Å². The summed E-state index contributed by atoms with van der Waals surface area (Å²) in [5.41, 5.74) is 2.03. The summed E-state index contributed by atoms with van der Waals surface area (Å²) in [5.74, 6) is 0.321. The summed E-state index contributed by atoms with van der Waals surface area (Å²) in [7, 11) is 14.4. The standard InChI is InChI=1S/C7H9NO4S.C7H9NO3S.C7H16NO.C6H16NO4P.2C6H16NO2S.C6H14NO.C6H14OP.C5H14N.2C3H8O.6C2H6/c1-7-2-4-8(5-3-7)6-13(10,11)12-9;1-7-2-4-8(5-3-7)6-12(9,10)11;1-5-8(3,4)6-7(2)9;1-5-10-12(8,9)11-6-7(2,3)4;2*1-5-7(2,3)6-10(4,8)9;1-6(8)5-7(2,3)4;1-6(7)5-8(2,3)4;1-5-6(2,3)4;2*1-3-4-2;6*1-2/h2-5H,6H2,1H3;2-5H,6H2,1H3;5-6H2,1-4H3;5-6H2,1-4H3;2*5-6H2,1-4H3;2*5H2,1-4H3;5H2,1-4H3;2*3H2,1-2H3;6*1-2H3/q;;+1;;5*+1;;;;;;;;. The van der Waals surface area contributed by atoms with Gasteiger partial charge >= 0.3 is 10.1 Å². The van der Waals surface area contributed by atoms with E-state index in [0.29, 0.717) is 32.3 Å². The quantitative estimate of drug-likeness (QED) is 0.0161. The first kappa shape index (κ1) is 140. The third-order valence-corrected chi connectivity index (χ3v) is 17.2. The Morgan fingerprint density at radius 3 is 0.852 bits per heavy atom. The predicted octanol–water partition coefficient (Wildman–Crippen LogP) is 9.60. The van der Waals surface area contributed by atoms with E-state index in [1.807, 2.05) is 195 Å². The van der Waals surface area contributed by atoms with Crippen LogP contribution >= 0.6 is 15.1 Å². The number of ether oxygens (including phenoxy) is 2. The Balaban J connectivity index is -0.0000000675. The monoisotopic (exact) mass is 1690 g/mol. The van der Waals surface area contributed by atoms with Crippen molar-refractivity contribution >= 4 is 72.3 Å². The second kappa shape index (κ2) is 79.4. The summed E-state index contributed by atoms with van der Waals surface area (Å²) in [6, 6.07) is 6.96. The van der Waals surface area contributed by atoms with E-state index in [1.54, 1.807) is 91.0 Å². The highest BCUT2D eigenvalue weighted by Crippen LogP contribution is 2.45. The van der Waals surface area contributed by atoms with E-state index in [4.69, 9.17) is 0 Å². The number of hydrogen-bond acceptors (Lipinski definition) is 20. The molecule has 0 N–H and O–H groups in total. The normalized spacial score (nSPS) is 11.3. The van der Waals surface area contributed by atoms with Gasteiger partial charge in [-0.05, 0) is 80.4 Å². The molecule has 0 aliphatic rings. The lowest BCUT2D eigenvalue weighted by atomic mass is 10.3. The van der Waals surface area contributed by atoms with Gasteiger partial charge in [0.1, 0.15) is 19.3 Å². The number of carbonyl (C=O) groups is 3. The Labute approximate surface area is 669 Å². The van der Waals surface area contributed by atoms with Crippen molar-refractivity contribution in [1.82, 2.24) is 0 Å². The molecule has 0 aliphatic heterocycles. The van der Waals surface area contributed by atoms with Crippen LogP contribution in [0.5, 0.6) is 0 Å². The molecular formula is C74H176N8O20P2S4+6. The molecule has 2 rings (SSSR count). The fourth-order valence-electron chi connectivity index (χ4n) is 5.56. The first-order valence-corrected chi connectivity index (χ1v) is 49.0. The molecule has 0 spiro atoms. The number of sulfone groups is 2. The number of phosphoric acid groups is 1. The van der Waals surface area contributed by atoms with Crippen LogP contribution in [-0.4, -0.2) is 319 Å². The number of nitrogens with zero attached hydrogens (tertiary/aromatic N) is 8. The fraction of sp³-hybridized carbons (Fsp3) is 0.824. The highest BCUT2D eigenvalue weighted by molar-refractivity contribution is 7.90. The molecule has 1 unspecified atom stereocenters. The molecule has 0 aliphatic carbocycles. The van der Waals surface area contributed by atoms with Gasteiger partial charge < -0.3 is 59.9 Å². The topological polar surface area (TPSA) is 328 Å².